The summed E-state index contributed by atoms with van der Waals surface area (Å²) in [6.45, 7) is 2.02. The van der Waals surface area contributed by atoms with E-state index in [2.05, 4.69) is 5.32 Å². The Morgan fingerprint density at radius 3 is 2.64 bits per heavy atom. The Morgan fingerprint density at radius 1 is 1.24 bits per heavy atom. The molecule has 130 valence electrons. The number of nitrogens with one attached hydrogen (secondary N) is 1. The highest BCUT2D eigenvalue weighted by molar-refractivity contribution is 6.13. The van der Waals surface area contributed by atoms with E-state index in [0.29, 0.717) is 35.7 Å². The highest BCUT2D eigenvalue weighted by atomic mass is 19.1. The van der Waals surface area contributed by atoms with Gasteiger partial charge in [0.1, 0.15) is 17.5 Å². The molecule has 0 aliphatic carbocycles. The number of hydrogen-bond acceptors (Lipinski definition) is 3. The number of nitrogens with zero attached hydrogens (tertiary/aromatic N) is 1. The van der Waals surface area contributed by atoms with Crippen molar-refractivity contribution in [2.45, 2.75) is 13.3 Å². The number of methoxy groups -OCH3 is 1. The van der Waals surface area contributed by atoms with Gasteiger partial charge >= 0.3 is 0 Å². The average Bonchev–Trinajstić information content (AvgIpc) is 2.99. The van der Waals surface area contributed by atoms with Gasteiger partial charge in [-0.3, -0.25) is 9.59 Å². The predicted molar refractivity (Wildman–Crippen MR) is 93.2 cm³/mol. The first kappa shape index (κ1) is 17.0. The van der Waals surface area contributed by atoms with E-state index in [1.54, 1.807) is 50.4 Å². The Hall–Kier alpha value is -2.89. The molecule has 1 N–H and O–H groups in total. The number of anilines is 2. The van der Waals surface area contributed by atoms with Gasteiger partial charge in [0, 0.05) is 23.5 Å². The Labute approximate surface area is 145 Å². The van der Waals surface area contributed by atoms with E-state index in [-0.39, 0.29) is 17.6 Å². The average molecular weight is 342 g/mol. The predicted octanol–water partition coefficient (Wildman–Crippen LogP) is 3.13. The van der Waals surface area contributed by atoms with E-state index >= 15 is 0 Å². The zero-order chi connectivity index (χ0) is 18.0. The third-order valence-corrected chi connectivity index (χ3v) is 4.41. The number of halogens is 1. The molecule has 6 heteroatoms. The minimum atomic E-state index is -0.773. The van der Waals surface area contributed by atoms with Crippen LogP contribution in [0.1, 0.15) is 12.0 Å². The van der Waals surface area contributed by atoms with Crippen LogP contribution in [0.15, 0.2) is 42.5 Å². The maximum Gasteiger partial charge on any atom is 0.239 e. The van der Waals surface area contributed by atoms with Crippen LogP contribution < -0.4 is 15.0 Å². The van der Waals surface area contributed by atoms with Gasteiger partial charge in [0.05, 0.1) is 7.11 Å². The minimum Gasteiger partial charge on any atom is -0.497 e. The summed E-state index contributed by atoms with van der Waals surface area (Å²) in [4.78, 5) is 26.6. The van der Waals surface area contributed by atoms with E-state index in [4.69, 9.17) is 4.74 Å². The third-order valence-electron chi connectivity index (χ3n) is 4.41. The monoisotopic (exact) mass is 342 g/mol. The molecular weight excluding hydrogens is 323 g/mol. The number of amides is 2. The van der Waals surface area contributed by atoms with Crippen molar-refractivity contribution < 1.29 is 18.7 Å². The molecule has 1 aliphatic rings. The quantitative estimate of drug-likeness (QED) is 0.869. The van der Waals surface area contributed by atoms with Crippen molar-refractivity contribution in [2.75, 3.05) is 23.9 Å². The van der Waals surface area contributed by atoms with Crippen LogP contribution in [0.4, 0.5) is 15.8 Å². The highest BCUT2D eigenvalue weighted by Crippen LogP contribution is 2.30. The SMILES string of the molecule is COc1ccc(NC(=O)[C@H]2CCN(c3cccc(F)c3C)C2=O)cc1. The van der Waals surface area contributed by atoms with Crippen molar-refractivity contribution in [3.05, 3.63) is 53.8 Å². The summed E-state index contributed by atoms with van der Waals surface area (Å²) >= 11 is 0. The van der Waals surface area contributed by atoms with Crippen LogP contribution in [0.5, 0.6) is 5.75 Å². The fourth-order valence-corrected chi connectivity index (χ4v) is 2.95. The third kappa shape index (κ3) is 3.33. The van der Waals surface area contributed by atoms with Crippen molar-refractivity contribution >= 4 is 23.2 Å². The zero-order valence-electron chi connectivity index (χ0n) is 14.1. The molecule has 5 nitrogen and oxygen atoms in total. The molecule has 1 atom stereocenters. The Bertz CT molecular complexity index is 805. The van der Waals surface area contributed by atoms with Gasteiger partial charge in [-0.2, -0.15) is 0 Å². The molecule has 1 fully saturated rings. The van der Waals surface area contributed by atoms with Crippen LogP contribution >= 0.6 is 0 Å². The van der Waals surface area contributed by atoms with Gasteiger partial charge in [-0.05, 0) is 49.7 Å². The fraction of sp³-hybridized carbons (Fsp3) is 0.263. The van der Waals surface area contributed by atoms with Crippen LogP contribution in [0.3, 0.4) is 0 Å². The van der Waals surface area contributed by atoms with Crippen molar-refractivity contribution in [2.24, 2.45) is 5.92 Å². The smallest absolute Gasteiger partial charge is 0.239 e. The van der Waals surface area contributed by atoms with Crippen LogP contribution in [0.2, 0.25) is 0 Å². The summed E-state index contributed by atoms with van der Waals surface area (Å²) in [5.41, 5.74) is 1.52. The van der Waals surface area contributed by atoms with Gasteiger partial charge in [-0.25, -0.2) is 4.39 Å². The van der Waals surface area contributed by atoms with E-state index in [9.17, 15) is 14.0 Å². The molecule has 1 heterocycles. The lowest BCUT2D eigenvalue weighted by Gasteiger charge is -2.19. The number of rotatable bonds is 4. The zero-order valence-corrected chi connectivity index (χ0v) is 14.1. The van der Waals surface area contributed by atoms with Crippen LogP contribution in [-0.2, 0) is 9.59 Å². The minimum absolute atomic E-state index is 0.306. The van der Waals surface area contributed by atoms with Gasteiger partial charge in [-0.1, -0.05) is 6.07 Å². The second-order valence-electron chi connectivity index (χ2n) is 5.93. The van der Waals surface area contributed by atoms with E-state index in [1.807, 2.05) is 0 Å². The molecule has 0 radical (unpaired) electrons. The summed E-state index contributed by atoms with van der Waals surface area (Å²) in [5, 5.41) is 2.75. The second-order valence-corrected chi connectivity index (χ2v) is 5.93. The van der Waals surface area contributed by atoms with E-state index in [1.165, 1.54) is 11.0 Å². The molecule has 0 unspecified atom stereocenters. The molecule has 0 spiro atoms. The molecule has 2 amide bonds. The molecule has 2 aromatic carbocycles. The molecule has 3 rings (SSSR count). The van der Waals surface area contributed by atoms with Gasteiger partial charge < -0.3 is 15.0 Å². The largest absolute Gasteiger partial charge is 0.497 e. The molecule has 0 saturated carbocycles. The van der Waals surface area contributed by atoms with E-state index in [0.717, 1.165) is 0 Å². The maximum atomic E-state index is 13.7. The van der Waals surface area contributed by atoms with Crippen molar-refractivity contribution in [1.82, 2.24) is 0 Å². The Kier molecular flexibility index (Phi) is 4.70. The van der Waals surface area contributed by atoms with Crippen molar-refractivity contribution in [3.63, 3.8) is 0 Å². The molecule has 0 bridgehead atoms. The normalized spacial score (nSPS) is 16.8. The van der Waals surface area contributed by atoms with Crippen LogP contribution in [-0.4, -0.2) is 25.5 Å². The lowest BCUT2D eigenvalue weighted by molar-refractivity contribution is -0.129. The molecule has 25 heavy (non-hydrogen) atoms. The lowest BCUT2D eigenvalue weighted by Crippen LogP contribution is -2.33. The Morgan fingerprint density at radius 2 is 1.96 bits per heavy atom. The first-order valence-electron chi connectivity index (χ1n) is 8.02. The van der Waals surface area contributed by atoms with E-state index < -0.39 is 5.92 Å². The molecule has 2 aromatic rings. The summed E-state index contributed by atoms with van der Waals surface area (Å²) in [5.74, 6) is -1.12. The Balaban J connectivity index is 1.72. The number of hydrogen-bond donors (Lipinski definition) is 1. The van der Waals surface area contributed by atoms with Crippen LogP contribution in [0, 0.1) is 18.7 Å². The summed E-state index contributed by atoms with van der Waals surface area (Å²) in [6, 6.07) is 11.5. The van der Waals surface area contributed by atoms with Crippen molar-refractivity contribution in [1.29, 1.82) is 0 Å². The van der Waals surface area contributed by atoms with Crippen molar-refractivity contribution in [3.8, 4) is 5.75 Å². The number of carbonyl (C=O) groups is 2. The van der Waals surface area contributed by atoms with Gasteiger partial charge in [0.2, 0.25) is 11.8 Å². The first-order valence-corrected chi connectivity index (χ1v) is 8.02. The second kappa shape index (κ2) is 6.93. The van der Waals surface area contributed by atoms with Crippen LogP contribution in [0.25, 0.3) is 0 Å². The number of carbonyl (C=O) groups excluding carboxylic acids is 2. The molecule has 1 saturated heterocycles. The standard InChI is InChI=1S/C19H19FN2O3/c1-12-16(20)4-3-5-17(12)22-11-10-15(19(22)24)18(23)21-13-6-8-14(25-2)9-7-13/h3-9,15H,10-11H2,1-2H3,(H,21,23)/t15-/m1/s1. The van der Waals surface area contributed by atoms with Gasteiger partial charge in [0.25, 0.3) is 0 Å². The molecule has 1 aliphatic heterocycles. The summed E-state index contributed by atoms with van der Waals surface area (Å²) in [6.07, 6.45) is 0.400. The number of benzene rings is 2. The van der Waals surface area contributed by atoms with Gasteiger partial charge in [-0.15, -0.1) is 0 Å². The number of ether oxygens (including phenoxy) is 1. The molecular formula is C19H19FN2O3. The lowest BCUT2D eigenvalue weighted by atomic mass is 10.1. The molecule has 0 aromatic heterocycles. The fourth-order valence-electron chi connectivity index (χ4n) is 2.95. The topological polar surface area (TPSA) is 58.6 Å². The van der Waals surface area contributed by atoms with Gasteiger partial charge in [0.15, 0.2) is 0 Å². The first-order chi connectivity index (χ1) is 12.0. The summed E-state index contributed by atoms with van der Waals surface area (Å²) in [7, 11) is 1.56. The maximum absolute atomic E-state index is 13.7. The summed E-state index contributed by atoms with van der Waals surface area (Å²) < 4.78 is 18.8. The highest BCUT2D eigenvalue weighted by Gasteiger charge is 2.38.